The van der Waals surface area contributed by atoms with Gasteiger partial charge in [0.25, 0.3) is 0 Å². The van der Waals surface area contributed by atoms with E-state index in [1.54, 1.807) is 0 Å². The molecule has 3 N–H and O–H groups in total. The lowest BCUT2D eigenvalue weighted by Gasteiger charge is -2.43. The van der Waals surface area contributed by atoms with E-state index in [1.165, 1.54) is 5.69 Å². The SMILES string of the molecule is CC1(C)CN(c2cc(Br)cc(CN)c2)CCC1O. The van der Waals surface area contributed by atoms with Crippen molar-refractivity contribution in [2.24, 2.45) is 11.1 Å². The van der Waals surface area contributed by atoms with Gasteiger partial charge < -0.3 is 15.7 Å². The zero-order chi connectivity index (χ0) is 13.3. The van der Waals surface area contributed by atoms with Gasteiger partial charge in [0.2, 0.25) is 0 Å². The molecular weight excluding hydrogens is 292 g/mol. The zero-order valence-electron chi connectivity index (χ0n) is 11.0. The Morgan fingerprint density at radius 1 is 1.44 bits per heavy atom. The molecule has 1 heterocycles. The van der Waals surface area contributed by atoms with Crippen molar-refractivity contribution in [3.8, 4) is 0 Å². The summed E-state index contributed by atoms with van der Waals surface area (Å²) < 4.78 is 1.06. The lowest BCUT2D eigenvalue weighted by atomic mass is 9.81. The van der Waals surface area contributed by atoms with Crippen LogP contribution < -0.4 is 10.6 Å². The number of benzene rings is 1. The zero-order valence-corrected chi connectivity index (χ0v) is 12.6. The Bertz CT molecular complexity index is 434. The van der Waals surface area contributed by atoms with Gasteiger partial charge >= 0.3 is 0 Å². The van der Waals surface area contributed by atoms with E-state index in [2.05, 4.69) is 46.8 Å². The number of aliphatic hydroxyl groups excluding tert-OH is 1. The number of nitrogens with two attached hydrogens (primary N) is 1. The molecule has 0 aliphatic carbocycles. The summed E-state index contributed by atoms with van der Waals surface area (Å²) in [5.74, 6) is 0. The van der Waals surface area contributed by atoms with Crippen molar-refractivity contribution in [1.29, 1.82) is 0 Å². The standard InChI is InChI=1S/C14H21BrN2O/c1-14(2)9-17(4-3-13(14)18)12-6-10(8-16)5-11(15)7-12/h5-7,13,18H,3-4,8-9,16H2,1-2H3. The molecule has 18 heavy (non-hydrogen) atoms. The topological polar surface area (TPSA) is 49.5 Å². The maximum Gasteiger partial charge on any atom is 0.0624 e. The Morgan fingerprint density at radius 3 is 2.78 bits per heavy atom. The minimum atomic E-state index is -0.213. The van der Waals surface area contributed by atoms with Gasteiger partial charge in [-0.2, -0.15) is 0 Å². The predicted molar refractivity (Wildman–Crippen MR) is 78.7 cm³/mol. The third-order valence-corrected chi connectivity index (χ3v) is 4.17. The Kier molecular flexibility index (Phi) is 3.99. The monoisotopic (exact) mass is 312 g/mol. The quantitative estimate of drug-likeness (QED) is 0.882. The predicted octanol–water partition coefficient (Wildman–Crippen LogP) is 2.51. The van der Waals surface area contributed by atoms with Crippen LogP contribution in [0.5, 0.6) is 0 Å². The van der Waals surface area contributed by atoms with Crippen molar-refractivity contribution in [3.05, 3.63) is 28.2 Å². The molecule has 1 fully saturated rings. The van der Waals surface area contributed by atoms with E-state index >= 15 is 0 Å². The molecule has 0 spiro atoms. The second kappa shape index (κ2) is 5.19. The van der Waals surface area contributed by atoms with Crippen molar-refractivity contribution < 1.29 is 5.11 Å². The molecule has 1 aliphatic heterocycles. The minimum Gasteiger partial charge on any atom is -0.392 e. The van der Waals surface area contributed by atoms with Crippen LogP contribution in [0.3, 0.4) is 0 Å². The number of rotatable bonds is 2. The molecule has 1 aromatic carbocycles. The third kappa shape index (κ3) is 2.87. The average molecular weight is 313 g/mol. The summed E-state index contributed by atoms with van der Waals surface area (Å²) >= 11 is 3.53. The molecule has 0 saturated carbocycles. The van der Waals surface area contributed by atoms with E-state index < -0.39 is 0 Å². The van der Waals surface area contributed by atoms with Crippen molar-refractivity contribution in [3.63, 3.8) is 0 Å². The van der Waals surface area contributed by atoms with Gasteiger partial charge in [0, 0.05) is 35.2 Å². The molecule has 0 amide bonds. The van der Waals surface area contributed by atoms with Crippen LogP contribution >= 0.6 is 15.9 Å². The molecular formula is C14H21BrN2O. The van der Waals surface area contributed by atoms with E-state index in [-0.39, 0.29) is 11.5 Å². The molecule has 1 aliphatic rings. The maximum atomic E-state index is 10.0. The van der Waals surface area contributed by atoms with Gasteiger partial charge in [-0.05, 0) is 30.2 Å². The fourth-order valence-electron chi connectivity index (χ4n) is 2.50. The maximum absolute atomic E-state index is 10.0. The molecule has 2 rings (SSSR count). The van der Waals surface area contributed by atoms with Gasteiger partial charge in [-0.1, -0.05) is 29.8 Å². The Morgan fingerprint density at radius 2 is 2.17 bits per heavy atom. The van der Waals surface area contributed by atoms with Crippen molar-refractivity contribution in [2.75, 3.05) is 18.0 Å². The largest absolute Gasteiger partial charge is 0.392 e. The number of anilines is 1. The first-order chi connectivity index (χ1) is 8.42. The van der Waals surface area contributed by atoms with Crippen LogP contribution in [-0.2, 0) is 6.54 Å². The number of piperidine rings is 1. The van der Waals surface area contributed by atoms with Gasteiger partial charge in [0.05, 0.1) is 6.10 Å². The lowest BCUT2D eigenvalue weighted by Crippen LogP contribution is -2.48. The van der Waals surface area contributed by atoms with Gasteiger partial charge in [-0.15, -0.1) is 0 Å². The van der Waals surface area contributed by atoms with Gasteiger partial charge in [0.1, 0.15) is 0 Å². The first kappa shape index (κ1) is 13.8. The number of nitrogens with zero attached hydrogens (tertiary/aromatic N) is 1. The second-order valence-corrected chi connectivity index (χ2v) is 6.65. The highest BCUT2D eigenvalue weighted by atomic mass is 79.9. The third-order valence-electron chi connectivity index (χ3n) is 3.72. The van der Waals surface area contributed by atoms with E-state index in [9.17, 15) is 5.11 Å². The molecule has 0 aromatic heterocycles. The average Bonchev–Trinajstić information content (AvgIpc) is 2.31. The number of hydrogen-bond donors (Lipinski definition) is 2. The van der Waals surface area contributed by atoms with Crippen LogP contribution in [0.1, 0.15) is 25.8 Å². The fourth-order valence-corrected chi connectivity index (χ4v) is 3.03. The number of halogens is 1. The highest BCUT2D eigenvalue weighted by molar-refractivity contribution is 9.10. The summed E-state index contributed by atoms with van der Waals surface area (Å²) in [6.07, 6.45) is 0.604. The van der Waals surface area contributed by atoms with E-state index in [0.29, 0.717) is 6.54 Å². The van der Waals surface area contributed by atoms with Crippen LogP contribution in [0.2, 0.25) is 0 Å². The molecule has 1 aromatic rings. The molecule has 100 valence electrons. The summed E-state index contributed by atoms with van der Waals surface area (Å²) in [4.78, 5) is 2.33. The van der Waals surface area contributed by atoms with Gasteiger partial charge in [0.15, 0.2) is 0 Å². The highest BCUT2D eigenvalue weighted by Crippen LogP contribution is 2.33. The minimum absolute atomic E-state index is 0.0660. The molecule has 3 nitrogen and oxygen atoms in total. The molecule has 0 radical (unpaired) electrons. The number of hydrogen-bond acceptors (Lipinski definition) is 3. The fraction of sp³-hybridized carbons (Fsp3) is 0.571. The summed E-state index contributed by atoms with van der Waals surface area (Å²) in [5, 5.41) is 10.0. The smallest absolute Gasteiger partial charge is 0.0624 e. The summed E-state index contributed by atoms with van der Waals surface area (Å²) in [6.45, 7) is 6.54. The van der Waals surface area contributed by atoms with Crippen molar-refractivity contribution in [2.45, 2.75) is 32.9 Å². The molecule has 4 heteroatoms. The van der Waals surface area contributed by atoms with Crippen LogP contribution in [0.25, 0.3) is 0 Å². The van der Waals surface area contributed by atoms with Crippen molar-refractivity contribution >= 4 is 21.6 Å². The Balaban J connectivity index is 2.24. The van der Waals surface area contributed by atoms with Crippen molar-refractivity contribution in [1.82, 2.24) is 0 Å². The van der Waals surface area contributed by atoms with Crippen LogP contribution in [0.15, 0.2) is 22.7 Å². The molecule has 0 bridgehead atoms. The first-order valence-electron chi connectivity index (χ1n) is 6.35. The van der Waals surface area contributed by atoms with Crippen LogP contribution in [0, 0.1) is 5.41 Å². The normalized spacial score (nSPS) is 23.2. The summed E-state index contributed by atoms with van der Waals surface area (Å²) in [6, 6.07) is 6.30. The van der Waals surface area contributed by atoms with E-state index in [1.807, 2.05) is 6.07 Å². The molecule has 1 saturated heterocycles. The Hall–Kier alpha value is -0.580. The van der Waals surface area contributed by atoms with Crippen LogP contribution in [-0.4, -0.2) is 24.3 Å². The second-order valence-electron chi connectivity index (χ2n) is 5.74. The summed E-state index contributed by atoms with van der Waals surface area (Å²) in [5.41, 5.74) is 7.96. The van der Waals surface area contributed by atoms with E-state index in [0.717, 1.165) is 29.5 Å². The van der Waals surface area contributed by atoms with Gasteiger partial charge in [-0.3, -0.25) is 0 Å². The first-order valence-corrected chi connectivity index (χ1v) is 7.14. The van der Waals surface area contributed by atoms with Gasteiger partial charge in [-0.25, -0.2) is 0 Å². The lowest BCUT2D eigenvalue weighted by molar-refractivity contribution is 0.0336. The van der Waals surface area contributed by atoms with E-state index in [4.69, 9.17) is 5.73 Å². The highest BCUT2D eigenvalue weighted by Gasteiger charge is 2.34. The molecule has 1 atom stereocenters. The number of aliphatic hydroxyl groups is 1. The molecule has 1 unspecified atom stereocenters. The summed E-state index contributed by atoms with van der Waals surface area (Å²) in [7, 11) is 0. The van der Waals surface area contributed by atoms with Crippen LogP contribution in [0.4, 0.5) is 5.69 Å². The Labute approximate surface area is 117 Å².